The molecule has 0 aliphatic carbocycles. The maximum absolute atomic E-state index is 5.81. The lowest BCUT2D eigenvalue weighted by atomic mass is 10.3. The highest BCUT2D eigenvalue weighted by molar-refractivity contribution is 14.1. The van der Waals surface area contributed by atoms with Gasteiger partial charge in [-0.05, 0) is 57.3 Å². The summed E-state index contributed by atoms with van der Waals surface area (Å²) < 4.78 is 35.2. The molecule has 0 fully saturated rings. The molecule has 0 aliphatic rings. The summed E-state index contributed by atoms with van der Waals surface area (Å²) in [7, 11) is 0. The fourth-order valence-electron chi connectivity index (χ4n) is 1.91. The highest BCUT2D eigenvalue weighted by Crippen LogP contribution is 2.31. The molecule has 0 aliphatic heterocycles. The minimum Gasteiger partial charge on any atom is -0.490 e. The Hall–Kier alpha value is 1.08. The van der Waals surface area contributed by atoms with E-state index in [-0.39, 0.29) is 0 Å². The molecule has 0 spiro atoms. The van der Waals surface area contributed by atoms with E-state index >= 15 is 0 Å². The van der Waals surface area contributed by atoms with Gasteiger partial charge in [0, 0.05) is 10.7 Å². The first kappa shape index (κ1) is 27.1. The van der Waals surface area contributed by atoms with E-state index in [2.05, 4.69) is 77.0 Å². The zero-order chi connectivity index (χ0) is 20.5. The molecule has 0 N–H and O–H groups in total. The van der Waals surface area contributed by atoms with E-state index in [4.69, 9.17) is 28.4 Å². The molecule has 0 unspecified atom stereocenters. The third-order valence-corrected chi connectivity index (χ3v) is 5.48. The van der Waals surface area contributed by atoms with E-state index in [1.54, 1.807) is 0 Å². The Kier molecular flexibility index (Phi) is 18.2. The minimum absolute atomic E-state index is 0.496. The Morgan fingerprint density at radius 3 is 1.21 bits per heavy atom. The molecule has 1 aromatic carbocycles. The average molecular weight is 752 g/mol. The van der Waals surface area contributed by atoms with Crippen LogP contribution in [0.2, 0.25) is 0 Å². The molecule has 0 bridgehead atoms. The van der Waals surface area contributed by atoms with Crippen LogP contribution in [0.5, 0.6) is 11.5 Å². The summed E-state index contributed by atoms with van der Waals surface area (Å²) >= 11 is 11.1. The van der Waals surface area contributed by atoms with Crippen LogP contribution in [0.15, 0.2) is 12.1 Å². The third-order valence-electron chi connectivity index (χ3n) is 3.14. The van der Waals surface area contributed by atoms with Crippen LogP contribution in [0.25, 0.3) is 0 Å². The van der Waals surface area contributed by atoms with Gasteiger partial charge < -0.3 is 28.4 Å². The number of rotatable bonds is 18. The van der Waals surface area contributed by atoms with Gasteiger partial charge in [0.25, 0.3) is 0 Å². The Labute approximate surface area is 211 Å². The first-order valence-corrected chi connectivity index (χ1v) is 13.3. The van der Waals surface area contributed by atoms with Crippen molar-refractivity contribution in [1.29, 1.82) is 0 Å². The Bertz CT molecular complexity index is 479. The lowest BCUT2D eigenvalue weighted by Crippen LogP contribution is -2.13. The minimum atomic E-state index is 0.496. The number of hydrogen-bond donors (Lipinski definition) is 0. The predicted molar refractivity (Wildman–Crippen MR) is 134 cm³/mol. The van der Waals surface area contributed by atoms with Crippen LogP contribution in [-0.4, -0.2) is 76.7 Å². The summed E-state index contributed by atoms with van der Waals surface area (Å²) in [5.74, 6) is 1.66. The van der Waals surface area contributed by atoms with E-state index < -0.39 is 0 Å². The summed E-state index contributed by atoms with van der Waals surface area (Å²) in [5.41, 5.74) is 0. The molecule has 6 nitrogen and oxygen atoms in total. The van der Waals surface area contributed by atoms with Crippen molar-refractivity contribution in [3.63, 3.8) is 0 Å². The number of alkyl halides is 2. The molecule has 28 heavy (non-hydrogen) atoms. The molecule has 162 valence electrons. The van der Waals surface area contributed by atoms with E-state index in [9.17, 15) is 0 Å². The van der Waals surface area contributed by atoms with Gasteiger partial charge in [-0.1, -0.05) is 31.9 Å². The van der Waals surface area contributed by atoms with Gasteiger partial charge in [-0.3, -0.25) is 0 Å². The van der Waals surface area contributed by atoms with Gasteiger partial charge in [-0.15, -0.1) is 0 Å². The predicted octanol–water partition coefficient (Wildman–Crippen LogP) is 4.51. The first-order chi connectivity index (χ1) is 13.7. The standard InChI is InChI=1S/C18H26Br2I2O6/c19-1-3-23-5-7-25-9-11-27-17-13-16(22)18(14-15(17)21)28-12-10-26-8-6-24-4-2-20/h13-14H,1-12H2. The molecule has 0 heterocycles. The van der Waals surface area contributed by atoms with E-state index in [1.807, 2.05) is 12.1 Å². The molecule has 0 aromatic heterocycles. The molecular formula is C18H26Br2I2O6. The number of hydrogen-bond acceptors (Lipinski definition) is 6. The summed E-state index contributed by atoms with van der Waals surface area (Å²) in [6.07, 6.45) is 0. The highest BCUT2D eigenvalue weighted by atomic mass is 127. The fraction of sp³-hybridized carbons (Fsp3) is 0.667. The van der Waals surface area contributed by atoms with Crippen molar-refractivity contribution in [2.24, 2.45) is 0 Å². The van der Waals surface area contributed by atoms with Crippen molar-refractivity contribution in [1.82, 2.24) is 0 Å². The zero-order valence-corrected chi connectivity index (χ0v) is 23.1. The lowest BCUT2D eigenvalue weighted by Gasteiger charge is -2.13. The fourth-order valence-corrected chi connectivity index (χ4v) is 3.55. The van der Waals surface area contributed by atoms with E-state index in [1.165, 1.54) is 0 Å². The topological polar surface area (TPSA) is 55.4 Å². The van der Waals surface area contributed by atoms with Crippen LogP contribution in [0, 0.1) is 7.14 Å². The van der Waals surface area contributed by atoms with Gasteiger partial charge in [0.1, 0.15) is 24.7 Å². The molecule has 10 heteroatoms. The molecule has 0 radical (unpaired) electrons. The number of halogens is 4. The molecule has 1 aromatic rings. The Morgan fingerprint density at radius 1 is 0.536 bits per heavy atom. The number of ether oxygens (including phenoxy) is 6. The van der Waals surface area contributed by atoms with Crippen LogP contribution in [-0.2, 0) is 18.9 Å². The molecule has 1 rings (SSSR count). The molecule has 0 atom stereocenters. The smallest absolute Gasteiger partial charge is 0.134 e. The van der Waals surface area contributed by atoms with Crippen molar-refractivity contribution in [3.8, 4) is 11.5 Å². The van der Waals surface area contributed by atoms with Crippen molar-refractivity contribution in [2.45, 2.75) is 0 Å². The van der Waals surface area contributed by atoms with Gasteiger partial charge in [0.2, 0.25) is 0 Å². The second kappa shape index (κ2) is 18.8. The van der Waals surface area contributed by atoms with Crippen LogP contribution in [0.3, 0.4) is 0 Å². The summed E-state index contributed by atoms with van der Waals surface area (Å²) in [5, 5.41) is 1.68. The highest BCUT2D eigenvalue weighted by Gasteiger charge is 2.09. The van der Waals surface area contributed by atoms with Crippen molar-refractivity contribution in [2.75, 3.05) is 76.7 Å². The largest absolute Gasteiger partial charge is 0.490 e. The van der Waals surface area contributed by atoms with Crippen LogP contribution < -0.4 is 9.47 Å². The van der Waals surface area contributed by atoms with Crippen molar-refractivity contribution in [3.05, 3.63) is 19.3 Å². The first-order valence-electron chi connectivity index (χ1n) is 8.86. The number of benzene rings is 1. The summed E-state index contributed by atoms with van der Waals surface area (Å²) in [6.45, 7) is 5.78. The van der Waals surface area contributed by atoms with Gasteiger partial charge in [-0.2, -0.15) is 0 Å². The normalized spacial score (nSPS) is 11.0. The maximum Gasteiger partial charge on any atom is 0.134 e. The SMILES string of the molecule is BrCCOCCOCCOc1cc(I)c(OCCOCCOCCBr)cc1I. The van der Waals surface area contributed by atoms with Gasteiger partial charge in [0.15, 0.2) is 0 Å². The lowest BCUT2D eigenvalue weighted by molar-refractivity contribution is 0.0408. The Morgan fingerprint density at radius 2 is 0.857 bits per heavy atom. The maximum atomic E-state index is 5.81. The molecule has 0 saturated carbocycles. The van der Waals surface area contributed by atoms with Gasteiger partial charge in [0.05, 0.1) is 60.0 Å². The summed E-state index contributed by atoms with van der Waals surface area (Å²) in [4.78, 5) is 0. The third kappa shape index (κ3) is 13.4. The van der Waals surface area contributed by atoms with Crippen molar-refractivity contribution < 1.29 is 28.4 Å². The van der Waals surface area contributed by atoms with Gasteiger partial charge in [-0.25, -0.2) is 0 Å². The molecule has 0 saturated heterocycles. The molecule has 0 amide bonds. The monoisotopic (exact) mass is 750 g/mol. The van der Waals surface area contributed by atoms with E-state index in [0.29, 0.717) is 66.1 Å². The summed E-state index contributed by atoms with van der Waals surface area (Å²) in [6, 6.07) is 3.96. The quantitative estimate of drug-likeness (QED) is 0.125. The van der Waals surface area contributed by atoms with Gasteiger partial charge >= 0.3 is 0 Å². The van der Waals surface area contributed by atoms with Crippen LogP contribution >= 0.6 is 77.0 Å². The average Bonchev–Trinajstić information content (AvgIpc) is 2.69. The Balaban J connectivity index is 2.20. The van der Waals surface area contributed by atoms with Crippen molar-refractivity contribution >= 4 is 77.0 Å². The second-order valence-electron chi connectivity index (χ2n) is 5.24. The van der Waals surface area contributed by atoms with Crippen LogP contribution in [0.4, 0.5) is 0 Å². The molecular weight excluding hydrogens is 726 g/mol. The van der Waals surface area contributed by atoms with Crippen LogP contribution in [0.1, 0.15) is 0 Å². The second-order valence-corrected chi connectivity index (χ2v) is 9.15. The zero-order valence-electron chi connectivity index (χ0n) is 15.6. The van der Waals surface area contributed by atoms with E-state index in [0.717, 1.165) is 29.3 Å².